The second-order valence-corrected chi connectivity index (χ2v) is 5.79. The van der Waals surface area contributed by atoms with E-state index >= 15 is 0 Å². The maximum Gasteiger partial charge on any atom is 0.257 e. The fourth-order valence-corrected chi connectivity index (χ4v) is 2.73. The van der Waals surface area contributed by atoms with E-state index in [2.05, 4.69) is 10.2 Å². The van der Waals surface area contributed by atoms with Crippen LogP contribution in [0.3, 0.4) is 0 Å². The number of rotatable bonds is 2. The summed E-state index contributed by atoms with van der Waals surface area (Å²) < 4.78 is 24.8. The van der Waals surface area contributed by atoms with Crippen molar-refractivity contribution in [2.24, 2.45) is 0 Å². The number of hydrogen-bond acceptors (Lipinski definition) is 4. The van der Waals surface area contributed by atoms with Gasteiger partial charge < -0.3 is 9.15 Å². The highest BCUT2D eigenvalue weighted by Gasteiger charge is 2.26. The molecule has 0 aliphatic carbocycles. The number of aromatic nitrogens is 2. The summed E-state index contributed by atoms with van der Waals surface area (Å²) in [5.74, 6) is 1.25. The molecule has 1 atom stereocenters. The molecule has 23 heavy (non-hydrogen) atoms. The lowest BCUT2D eigenvalue weighted by molar-refractivity contribution is 0.144. The quantitative estimate of drug-likeness (QED) is 0.689. The van der Waals surface area contributed by atoms with Crippen LogP contribution in [0.5, 0.6) is 5.75 Å². The number of aryl methyl sites for hydroxylation is 1. The Balaban J connectivity index is 1.58. The zero-order valence-corrected chi connectivity index (χ0v) is 12.8. The van der Waals surface area contributed by atoms with Crippen molar-refractivity contribution in [2.75, 3.05) is 0 Å². The molecule has 2 heterocycles. The molecule has 4 nitrogen and oxygen atoms in total. The minimum absolute atomic E-state index is 0.256. The van der Waals surface area contributed by atoms with Gasteiger partial charge in [-0.2, -0.15) is 0 Å². The van der Waals surface area contributed by atoms with Gasteiger partial charge in [0.05, 0.1) is 0 Å². The average Bonchev–Trinajstić information content (AvgIpc) is 3.05. The first kappa shape index (κ1) is 14.2. The third kappa shape index (κ3) is 2.80. The minimum atomic E-state index is -0.318. The van der Waals surface area contributed by atoms with Crippen molar-refractivity contribution in [3.8, 4) is 17.2 Å². The molecule has 0 saturated heterocycles. The van der Waals surface area contributed by atoms with Crippen molar-refractivity contribution in [3.63, 3.8) is 0 Å². The van der Waals surface area contributed by atoms with Gasteiger partial charge in [-0.25, -0.2) is 4.39 Å². The predicted molar refractivity (Wildman–Crippen MR) is 82.8 cm³/mol. The topological polar surface area (TPSA) is 48.2 Å². The summed E-state index contributed by atoms with van der Waals surface area (Å²) in [4.78, 5) is 0. The van der Waals surface area contributed by atoms with Gasteiger partial charge in [0.25, 0.3) is 5.89 Å². The lowest BCUT2D eigenvalue weighted by Crippen LogP contribution is -2.15. The highest BCUT2D eigenvalue weighted by Crippen LogP contribution is 2.35. The third-order valence-electron chi connectivity index (χ3n) is 3.77. The van der Waals surface area contributed by atoms with Crippen molar-refractivity contribution < 1.29 is 13.5 Å². The molecule has 6 heteroatoms. The SMILES string of the molecule is Fc1ccc2c(c1)CCC(c1nnc(-c3ccc(Cl)cc3)o1)O2. The van der Waals surface area contributed by atoms with Crippen molar-refractivity contribution in [3.05, 3.63) is 64.8 Å². The number of benzene rings is 2. The molecular formula is C17H12ClFN2O2. The second kappa shape index (κ2) is 5.66. The van der Waals surface area contributed by atoms with Crippen LogP contribution in [0, 0.1) is 5.82 Å². The van der Waals surface area contributed by atoms with Crippen LogP contribution >= 0.6 is 11.6 Å². The first-order valence-corrected chi connectivity index (χ1v) is 7.61. The fraction of sp³-hybridized carbons (Fsp3) is 0.176. The fourth-order valence-electron chi connectivity index (χ4n) is 2.60. The van der Waals surface area contributed by atoms with Gasteiger partial charge >= 0.3 is 0 Å². The van der Waals surface area contributed by atoms with Gasteiger partial charge in [-0.1, -0.05) is 11.6 Å². The molecule has 0 bridgehead atoms. The molecule has 0 saturated carbocycles. The number of hydrogen-bond donors (Lipinski definition) is 0. The molecule has 116 valence electrons. The zero-order valence-electron chi connectivity index (χ0n) is 12.0. The van der Waals surface area contributed by atoms with Gasteiger partial charge in [-0.15, -0.1) is 10.2 Å². The number of halogens is 2. The number of fused-ring (bicyclic) bond motifs is 1. The second-order valence-electron chi connectivity index (χ2n) is 5.35. The largest absolute Gasteiger partial charge is 0.480 e. The highest BCUT2D eigenvalue weighted by molar-refractivity contribution is 6.30. The van der Waals surface area contributed by atoms with E-state index in [0.717, 1.165) is 11.1 Å². The van der Waals surface area contributed by atoms with Gasteiger partial charge in [-0.3, -0.25) is 0 Å². The first-order valence-electron chi connectivity index (χ1n) is 7.23. The lowest BCUT2D eigenvalue weighted by atomic mass is 10.0. The van der Waals surface area contributed by atoms with E-state index in [4.69, 9.17) is 20.8 Å². The van der Waals surface area contributed by atoms with Gasteiger partial charge in [-0.05, 0) is 60.9 Å². The maximum atomic E-state index is 13.2. The molecule has 0 radical (unpaired) electrons. The van der Waals surface area contributed by atoms with E-state index in [1.165, 1.54) is 12.1 Å². The molecule has 0 fully saturated rings. The van der Waals surface area contributed by atoms with Crippen LogP contribution in [0.25, 0.3) is 11.5 Å². The van der Waals surface area contributed by atoms with Gasteiger partial charge in [0.2, 0.25) is 5.89 Å². The van der Waals surface area contributed by atoms with Gasteiger partial charge in [0.15, 0.2) is 6.10 Å². The summed E-state index contributed by atoms with van der Waals surface area (Å²) in [6.45, 7) is 0. The standard InChI is InChI=1S/C17H12ClFN2O2/c18-12-4-1-10(2-5-12)16-20-21-17(23-16)15-7-3-11-9-13(19)6-8-14(11)22-15/h1-2,4-6,8-9,15H,3,7H2. The summed E-state index contributed by atoms with van der Waals surface area (Å²) in [5.41, 5.74) is 1.66. The van der Waals surface area contributed by atoms with Gasteiger partial charge in [0, 0.05) is 10.6 Å². The number of ether oxygens (including phenoxy) is 1. The van der Waals surface area contributed by atoms with Crippen LogP contribution in [0.2, 0.25) is 5.02 Å². The normalized spacial score (nSPS) is 16.7. The molecule has 1 unspecified atom stereocenters. The number of nitrogens with zero attached hydrogens (tertiary/aromatic N) is 2. The molecule has 2 aromatic carbocycles. The Kier molecular flexibility index (Phi) is 3.50. The van der Waals surface area contributed by atoms with E-state index in [1.807, 2.05) is 12.1 Å². The Morgan fingerprint density at radius 3 is 2.74 bits per heavy atom. The summed E-state index contributed by atoms with van der Waals surface area (Å²) in [5, 5.41) is 8.79. The molecule has 1 aliphatic heterocycles. The molecule has 4 rings (SSSR count). The van der Waals surface area contributed by atoms with Crippen LogP contribution in [0.1, 0.15) is 24.0 Å². The van der Waals surface area contributed by atoms with Crippen molar-refractivity contribution in [2.45, 2.75) is 18.9 Å². The Bertz CT molecular complexity index is 848. The highest BCUT2D eigenvalue weighted by atomic mass is 35.5. The van der Waals surface area contributed by atoms with Crippen LogP contribution < -0.4 is 4.74 Å². The summed E-state index contributed by atoms with van der Waals surface area (Å²) in [6, 6.07) is 11.7. The summed E-state index contributed by atoms with van der Waals surface area (Å²) >= 11 is 5.87. The van der Waals surface area contributed by atoms with Crippen LogP contribution in [-0.2, 0) is 6.42 Å². The Morgan fingerprint density at radius 1 is 1.09 bits per heavy atom. The average molecular weight is 331 g/mol. The van der Waals surface area contributed by atoms with E-state index in [0.29, 0.717) is 35.4 Å². The van der Waals surface area contributed by atoms with Crippen molar-refractivity contribution >= 4 is 11.6 Å². The van der Waals surface area contributed by atoms with Crippen LogP contribution in [0.4, 0.5) is 4.39 Å². The minimum Gasteiger partial charge on any atom is -0.480 e. The van der Waals surface area contributed by atoms with Crippen LogP contribution in [-0.4, -0.2) is 10.2 Å². The molecule has 0 amide bonds. The Morgan fingerprint density at radius 2 is 1.91 bits per heavy atom. The lowest BCUT2D eigenvalue weighted by Gasteiger charge is -2.23. The monoisotopic (exact) mass is 330 g/mol. The molecular weight excluding hydrogens is 319 g/mol. The summed E-state index contributed by atoms with van der Waals surface area (Å²) in [7, 11) is 0. The van der Waals surface area contributed by atoms with Crippen molar-refractivity contribution in [1.29, 1.82) is 0 Å². The molecule has 3 aromatic rings. The van der Waals surface area contributed by atoms with Crippen LogP contribution in [0.15, 0.2) is 46.9 Å². The molecule has 0 spiro atoms. The van der Waals surface area contributed by atoms with E-state index < -0.39 is 0 Å². The maximum absolute atomic E-state index is 13.2. The zero-order chi connectivity index (χ0) is 15.8. The van der Waals surface area contributed by atoms with E-state index in [9.17, 15) is 4.39 Å². The van der Waals surface area contributed by atoms with E-state index in [1.54, 1.807) is 18.2 Å². The molecule has 1 aliphatic rings. The van der Waals surface area contributed by atoms with Crippen molar-refractivity contribution in [1.82, 2.24) is 10.2 Å². The Hall–Kier alpha value is -2.40. The smallest absolute Gasteiger partial charge is 0.257 e. The van der Waals surface area contributed by atoms with Gasteiger partial charge in [0.1, 0.15) is 11.6 Å². The molecule has 0 N–H and O–H groups in total. The third-order valence-corrected chi connectivity index (χ3v) is 4.03. The molecule has 1 aromatic heterocycles. The summed E-state index contributed by atoms with van der Waals surface area (Å²) in [6.07, 6.45) is 1.05. The first-order chi connectivity index (χ1) is 11.2. The predicted octanol–water partition coefficient (Wildman–Crippen LogP) is 4.60. The van der Waals surface area contributed by atoms with E-state index in [-0.39, 0.29) is 11.9 Å². The Labute approximate surface area is 136 Å².